The molecule has 0 unspecified atom stereocenters. The summed E-state index contributed by atoms with van der Waals surface area (Å²) in [5, 5.41) is 9.50. The van der Waals surface area contributed by atoms with Crippen LogP contribution in [-0.4, -0.2) is 30.1 Å². The molecule has 6 heteroatoms. The maximum atomic E-state index is 4.47. The largest absolute Gasteiger partial charge is 0.352 e. The first-order valence-corrected chi connectivity index (χ1v) is 7.56. The van der Waals surface area contributed by atoms with E-state index in [2.05, 4.69) is 42.3 Å². The van der Waals surface area contributed by atoms with Crippen LogP contribution in [0.1, 0.15) is 0 Å². The maximum Gasteiger partial charge on any atom is 0.181 e. The van der Waals surface area contributed by atoms with E-state index in [1.165, 1.54) is 0 Å². The average Bonchev–Trinajstić information content (AvgIpc) is 3.25. The molecule has 0 aromatic carbocycles. The van der Waals surface area contributed by atoms with Crippen LogP contribution < -0.4 is 0 Å². The van der Waals surface area contributed by atoms with Gasteiger partial charge in [-0.1, -0.05) is 0 Å². The van der Waals surface area contributed by atoms with Crippen LogP contribution in [0.3, 0.4) is 0 Å². The minimum Gasteiger partial charge on any atom is -0.352 e. The molecule has 24 heavy (non-hydrogen) atoms. The summed E-state index contributed by atoms with van der Waals surface area (Å²) in [6.07, 6.45) is 8.99. The summed E-state index contributed by atoms with van der Waals surface area (Å²) in [6, 6.07) is 10.1. The fourth-order valence-electron chi connectivity index (χ4n) is 2.91. The van der Waals surface area contributed by atoms with Gasteiger partial charge in [0.25, 0.3) is 0 Å². The number of hydrogen-bond donors (Lipinski definition) is 2. The average molecular weight is 312 g/mol. The quantitative estimate of drug-likeness (QED) is 0.522. The van der Waals surface area contributed by atoms with Crippen LogP contribution in [0.15, 0.2) is 61.3 Å². The van der Waals surface area contributed by atoms with E-state index in [9.17, 15) is 0 Å². The Bertz CT molecular complexity index is 1120. The van der Waals surface area contributed by atoms with E-state index in [1.807, 2.05) is 30.6 Å². The molecular weight excluding hydrogens is 300 g/mol. The van der Waals surface area contributed by atoms with Crippen LogP contribution in [0.5, 0.6) is 0 Å². The van der Waals surface area contributed by atoms with Crippen molar-refractivity contribution < 1.29 is 0 Å². The van der Waals surface area contributed by atoms with Crippen molar-refractivity contribution in [1.29, 1.82) is 0 Å². The zero-order valence-electron chi connectivity index (χ0n) is 12.6. The Labute approximate surface area is 136 Å². The molecule has 0 bridgehead atoms. The SMILES string of the molecule is c1cc(-c2cnc3n[nH]c(-c4cc5ccncc5[nH]4)c3c2)ccn1. The second-order valence-corrected chi connectivity index (χ2v) is 5.58. The van der Waals surface area contributed by atoms with Crippen LogP contribution in [0.4, 0.5) is 0 Å². The van der Waals surface area contributed by atoms with Gasteiger partial charge < -0.3 is 4.98 Å². The number of rotatable bonds is 2. The number of aromatic nitrogens is 6. The van der Waals surface area contributed by atoms with E-state index >= 15 is 0 Å². The van der Waals surface area contributed by atoms with Crippen molar-refractivity contribution >= 4 is 21.9 Å². The molecule has 5 aromatic heterocycles. The summed E-state index contributed by atoms with van der Waals surface area (Å²) in [7, 11) is 0. The number of fused-ring (bicyclic) bond motifs is 2. The van der Waals surface area contributed by atoms with E-state index in [0.29, 0.717) is 5.65 Å². The smallest absolute Gasteiger partial charge is 0.181 e. The molecule has 0 aliphatic carbocycles. The van der Waals surface area contributed by atoms with Gasteiger partial charge in [-0.25, -0.2) is 4.98 Å². The first kappa shape index (κ1) is 13.0. The van der Waals surface area contributed by atoms with Crippen molar-refractivity contribution in [2.75, 3.05) is 0 Å². The van der Waals surface area contributed by atoms with Crippen molar-refractivity contribution in [1.82, 2.24) is 30.1 Å². The lowest BCUT2D eigenvalue weighted by molar-refractivity contribution is 1.10. The van der Waals surface area contributed by atoms with E-state index in [1.54, 1.807) is 18.6 Å². The van der Waals surface area contributed by atoms with Crippen molar-refractivity contribution in [2.24, 2.45) is 0 Å². The van der Waals surface area contributed by atoms with Gasteiger partial charge in [0.15, 0.2) is 5.65 Å². The molecule has 0 aliphatic rings. The lowest BCUT2D eigenvalue weighted by Crippen LogP contribution is -1.83. The highest BCUT2D eigenvalue weighted by Gasteiger charge is 2.12. The van der Waals surface area contributed by atoms with Crippen LogP contribution in [-0.2, 0) is 0 Å². The summed E-state index contributed by atoms with van der Waals surface area (Å²) < 4.78 is 0. The molecule has 0 fully saturated rings. The van der Waals surface area contributed by atoms with E-state index < -0.39 is 0 Å². The number of H-pyrrole nitrogens is 2. The molecule has 5 aromatic rings. The number of hydrogen-bond acceptors (Lipinski definition) is 4. The summed E-state index contributed by atoms with van der Waals surface area (Å²) in [4.78, 5) is 16.1. The van der Waals surface area contributed by atoms with Gasteiger partial charge >= 0.3 is 0 Å². The first-order valence-electron chi connectivity index (χ1n) is 7.56. The number of aromatic amines is 2. The predicted molar refractivity (Wildman–Crippen MR) is 92.2 cm³/mol. The number of nitrogens with zero attached hydrogens (tertiary/aromatic N) is 4. The van der Waals surface area contributed by atoms with Gasteiger partial charge in [-0.15, -0.1) is 0 Å². The molecule has 6 nitrogen and oxygen atoms in total. The highest BCUT2D eigenvalue weighted by atomic mass is 15.2. The van der Waals surface area contributed by atoms with Crippen molar-refractivity contribution in [3.8, 4) is 22.5 Å². The standard InChI is InChI=1S/C18H12N6/c1-4-19-5-2-11(1)13-7-14-17(23-24-18(14)21-9-13)15-8-12-3-6-20-10-16(12)22-15/h1-10,22H,(H,21,23,24). The van der Waals surface area contributed by atoms with Crippen LogP contribution >= 0.6 is 0 Å². The second-order valence-electron chi connectivity index (χ2n) is 5.58. The number of nitrogens with one attached hydrogen (secondary N) is 2. The summed E-state index contributed by atoms with van der Waals surface area (Å²) >= 11 is 0. The monoisotopic (exact) mass is 312 g/mol. The fraction of sp³-hybridized carbons (Fsp3) is 0. The fourth-order valence-corrected chi connectivity index (χ4v) is 2.91. The van der Waals surface area contributed by atoms with Gasteiger partial charge in [-0.2, -0.15) is 5.10 Å². The highest BCUT2D eigenvalue weighted by Crippen LogP contribution is 2.30. The highest BCUT2D eigenvalue weighted by molar-refractivity contribution is 5.95. The predicted octanol–water partition coefficient (Wildman–Crippen LogP) is 3.56. The Kier molecular flexibility index (Phi) is 2.69. The zero-order chi connectivity index (χ0) is 15.9. The first-order chi connectivity index (χ1) is 11.9. The molecule has 0 saturated carbocycles. The van der Waals surface area contributed by atoms with Crippen LogP contribution in [0.2, 0.25) is 0 Å². The second kappa shape index (κ2) is 4.99. The third-order valence-electron chi connectivity index (χ3n) is 4.12. The van der Waals surface area contributed by atoms with Crippen molar-refractivity contribution in [3.05, 3.63) is 61.3 Å². The molecule has 0 atom stereocenters. The molecular formula is C18H12N6. The summed E-state index contributed by atoms with van der Waals surface area (Å²) in [5.41, 5.74) is 5.68. The lowest BCUT2D eigenvalue weighted by Gasteiger charge is -2.01. The van der Waals surface area contributed by atoms with Gasteiger partial charge in [-0.3, -0.25) is 15.1 Å². The maximum absolute atomic E-state index is 4.47. The third-order valence-corrected chi connectivity index (χ3v) is 4.12. The molecule has 0 spiro atoms. The minimum absolute atomic E-state index is 0.694. The molecule has 2 N–H and O–H groups in total. The third kappa shape index (κ3) is 1.97. The van der Waals surface area contributed by atoms with Gasteiger partial charge in [-0.05, 0) is 35.9 Å². The molecule has 5 heterocycles. The van der Waals surface area contributed by atoms with Gasteiger partial charge in [0.1, 0.15) is 0 Å². The Hall–Kier alpha value is -3.54. The minimum atomic E-state index is 0.694. The molecule has 0 radical (unpaired) electrons. The molecule has 0 amide bonds. The normalized spacial score (nSPS) is 11.3. The Morgan fingerprint density at radius 1 is 0.833 bits per heavy atom. The topological polar surface area (TPSA) is 83.1 Å². The molecule has 0 aliphatic heterocycles. The van der Waals surface area contributed by atoms with Crippen LogP contribution in [0, 0.1) is 0 Å². The number of pyridine rings is 3. The molecule has 114 valence electrons. The van der Waals surface area contributed by atoms with E-state index in [-0.39, 0.29) is 0 Å². The van der Waals surface area contributed by atoms with Crippen LogP contribution in [0.25, 0.3) is 44.5 Å². The van der Waals surface area contributed by atoms with E-state index in [4.69, 9.17) is 0 Å². The van der Waals surface area contributed by atoms with Crippen molar-refractivity contribution in [3.63, 3.8) is 0 Å². The Morgan fingerprint density at radius 3 is 2.58 bits per heavy atom. The van der Waals surface area contributed by atoms with Crippen molar-refractivity contribution in [2.45, 2.75) is 0 Å². The van der Waals surface area contributed by atoms with Gasteiger partial charge in [0.2, 0.25) is 0 Å². The van der Waals surface area contributed by atoms with E-state index in [0.717, 1.165) is 38.8 Å². The lowest BCUT2D eigenvalue weighted by atomic mass is 10.1. The Balaban J connectivity index is 1.71. The van der Waals surface area contributed by atoms with Gasteiger partial charge in [0.05, 0.1) is 23.1 Å². The molecule has 0 saturated heterocycles. The molecule has 5 rings (SSSR count). The van der Waals surface area contributed by atoms with Gasteiger partial charge in [0, 0.05) is 41.1 Å². The summed E-state index contributed by atoms with van der Waals surface area (Å²) in [5.74, 6) is 0. The Morgan fingerprint density at radius 2 is 1.71 bits per heavy atom. The summed E-state index contributed by atoms with van der Waals surface area (Å²) in [6.45, 7) is 0. The zero-order valence-corrected chi connectivity index (χ0v) is 12.6.